The monoisotopic (exact) mass is 287 g/mol. The average molecular weight is 288 g/mol. The first-order valence-electron chi connectivity index (χ1n) is 6.13. The summed E-state index contributed by atoms with van der Waals surface area (Å²) in [7, 11) is 0. The summed E-state index contributed by atoms with van der Waals surface area (Å²) < 4.78 is 0. The molecule has 0 aromatic heterocycles. The quantitative estimate of drug-likeness (QED) is 0.550. The Kier molecular flexibility index (Phi) is 7.23. The average Bonchev–Trinajstić information content (AvgIpc) is 2.35. The van der Waals surface area contributed by atoms with Crippen LogP contribution in [0, 0.1) is 5.92 Å². The van der Waals surface area contributed by atoms with Gasteiger partial charge in [-0.2, -0.15) is 0 Å². The molecule has 0 amide bonds. The van der Waals surface area contributed by atoms with E-state index in [0.29, 0.717) is 24.2 Å². The van der Waals surface area contributed by atoms with Crippen molar-refractivity contribution in [2.45, 2.75) is 38.5 Å². The van der Waals surface area contributed by atoms with Crippen LogP contribution in [-0.4, -0.2) is 22.6 Å². The zero-order valence-electron chi connectivity index (χ0n) is 11.2. The summed E-state index contributed by atoms with van der Waals surface area (Å²) >= 11 is 0. The topological polar surface area (TPSA) is 83.6 Å². The van der Waals surface area contributed by atoms with Gasteiger partial charge in [0.05, 0.1) is 0 Å². The van der Waals surface area contributed by atoms with Crippen LogP contribution in [0.3, 0.4) is 0 Å². The number of hydrogen-bond donors (Lipinski definition) is 3. The van der Waals surface area contributed by atoms with E-state index in [1.165, 1.54) is 0 Å². The number of rotatable bonds is 6. The van der Waals surface area contributed by atoms with Gasteiger partial charge >= 0.3 is 0 Å². The number of benzene rings is 1. The van der Waals surface area contributed by atoms with Gasteiger partial charge in [-0.05, 0) is 18.8 Å². The molecular formula is C14H22ClNO3. The molecule has 1 aromatic carbocycles. The lowest BCUT2D eigenvalue weighted by molar-refractivity contribution is -0.0814. The molecule has 0 radical (unpaired) electrons. The van der Waals surface area contributed by atoms with Gasteiger partial charge in [0.15, 0.2) is 5.72 Å². The Morgan fingerprint density at radius 2 is 1.89 bits per heavy atom. The third-order valence-electron chi connectivity index (χ3n) is 3.04. The van der Waals surface area contributed by atoms with Crippen molar-refractivity contribution >= 4 is 18.7 Å². The van der Waals surface area contributed by atoms with Gasteiger partial charge in [0.1, 0.15) is 12.4 Å². The maximum atomic E-state index is 10.9. The first-order chi connectivity index (χ1) is 8.39. The molecule has 4 N–H and O–H groups in total. The maximum Gasteiger partial charge on any atom is 0.166 e. The highest BCUT2D eigenvalue weighted by Gasteiger charge is 2.34. The summed E-state index contributed by atoms with van der Waals surface area (Å²) in [5.74, 6) is 0.414. The van der Waals surface area contributed by atoms with Crippen molar-refractivity contribution in [3.8, 4) is 0 Å². The minimum Gasteiger partial charge on any atom is -0.388 e. The third-order valence-corrected chi connectivity index (χ3v) is 3.04. The summed E-state index contributed by atoms with van der Waals surface area (Å²) in [6.45, 7) is 4.06. The number of aldehydes is 1. The Morgan fingerprint density at radius 1 is 1.32 bits per heavy atom. The van der Waals surface area contributed by atoms with Gasteiger partial charge in [0.25, 0.3) is 0 Å². The van der Waals surface area contributed by atoms with Crippen LogP contribution in [0.25, 0.3) is 0 Å². The van der Waals surface area contributed by atoms with Crippen LogP contribution < -0.4 is 5.73 Å². The Labute approximate surface area is 120 Å². The Hall–Kier alpha value is -0.940. The van der Waals surface area contributed by atoms with Crippen LogP contribution in [0.15, 0.2) is 24.3 Å². The molecule has 0 aliphatic carbocycles. The standard InChI is InChI=1S/C14H21NO3.ClH/c1-10(2)7-8-13(17)14(15,18)12-6-4-3-5-11(12)9-16;/h3-6,9-10,13,17-18H,7-8,15H2,1-2H3;1H/t13-,14-;/m0./s1. The maximum absolute atomic E-state index is 10.9. The summed E-state index contributed by atoms with van der Waals surface area (Å²) in [6.07, 6.45) is 0.672. The molecule has 0 saturated heterocycles. The largest absolute Gasteiger partial charge is 0.388 e. The van der Waals surface area contributed by atoms with Crippen molar-refractivity contribution < 1.29 is 15.0 Å². The van der Waals surface area contributed by atoms with Gasteiger partial charge in [0, 0.05) is 11.1 Å². The van der Waals surface area contributed by atoms with Crippen molar-refractivity contribution in [3.63, 3.8) is 0 Å². The molecule has 1 rings (SSSR count). The molecule has 0 aliphatic rings. The molecule has 0 unspecified atom stereocenters. The molecule has 19 heavy (non-hydrogen) atoms. The molecule has 0 spiro atoms. The molecule has 0 bridgehead atoms. The van der Waals surface area contributed by atoms with Crippen LogP contribution in [0.5, 0.6) is 0 Å². The predicted octanol–water partition coefficient (Wildman–Crippen LogP) is 1.82. The molecule has 0 saturated carbocycles. The van der Waals surface area contributed by atoms with E-state index in [1.54, 1.807) is 24.3 Å². The number of halogens is 1. The summed E-state index contributed by atoms with van der Waals surface area (Å²) in [4.78, 5) is 10.9. The highest BCUT2D eigenvalue weighted by molar-refractivity contribution is 5.85. The zero-order chi connectivity index (χ0) is 13.8. The SMILES string of the molecule is CC(C)CC[C@H](O)[C@@](N)(O)c1ccccc1C=O.Cl. The molecule has 4 nitrogen and oxygen atoms in total. The second kappa shape index (κ2) is 7.60. The van der Waals surface area contributed by atoms with Crippen molar-refractivity contribution in [2.24, 2.45) is 11.7 Å². The van der Waals surface area contributed by atoms with Crippen LogP contribution in [0.1, 0.15) is 42.6 Å². The first kappa shape index (κ1) is 18.1. The molecular weight excluding hydrogens is 266 g/mol. The van der Waals surface area contributed by atoms with Gasteiger partial charge in [-0.1, -0.05) is 38.1 Å². The molecule has 0 aliphatic heterocycles. The van der Waals surface area contributed by atoms with Gasteiger partial charge in [-0.25, -0.2) is 0 Å². The van der Waals surface area contributed by atoms with Crippen molar-refractivity contribution in [3.05, 3.63) is 35.4 Å². The number of hydrogen-bond acceptors (Lipinski definition) is 4. The molecule has 0 fully saturated rings. The molecule has 1 aromatic rings. The normalized spacial score (nSPS) is 15.5. The molecule has 5 heteroatoms. The van der Waals surface area contributed by atoms with E-state index in [-0.39, 0.29) is 18.0 Å². The Morgan fingerprint density at radius 3 is 2.42 bits per heavy atom. The van der Waals surface area contributed by atoms with Gasteiger partial charge < -0.3 is 10.2 Å². The minimum absolute atomic E-state index is 0. The van der Waals surface area contributed by atoms with Crippen LogP contribution in [-0.2, 0) is 5.72 Å². The third kappa shape index (κ3) is 4.58. The van der Waals surface area contributed by atoms with E-state index in [9.17, 15) is 15.0 Å². The predicted molar refractivity (Wildman–Crippen MR) is 77.2 cm³/mol. The van der Waals surface area contributed by atoms with Gasteiger partial charge in [-0.3, -0.25) is 10.5 Å². The summed E-state index contributed by atoms with van der Waals surface area (Å²) in [6, 6.07) is 6.48. The fourth-order valence-electron chi connectivity index (χ4n) is 1.86. The van der Waals surface area contributed by atoms with Crippen LogP contribution in [0.4, 0.5) is 0 Å². The van der Waals surface area contributed by atoms with E-state index in [1.807, 2.05) is 13.8 Å². The number of aliphatic hydroxyl groups excluding tert-OH is 1. The summed E-state index contributed by atoms with van der Waals surface area (Å²) in [5, 5.41) is 20.3. The Balaban J connectivity index is 0.00000324. The number of carbonyl (C=O) groups excluding carboxylic acids is 1. The second-order valence-corrected chi connectivity index (χ2v) is 5.02. The zero-order valence-corrected chi connectivity index (χ0v) is 12.1. The first-order valence-corrected chi connectivity index (χ1v) is 6.13. The van der Waals surface area contributed by atoms with Crippen molar-refractivity contribution in [1.29, 1.82) is 0 Å². The van der Waals surface area contributed by atoms with Gasteiger partial charge in [-0.15, -0.1) is 12.4 Å². The number of aliphatic hydroxyl groups is 2. The highest BCUT2D eigenvalue weighted by Crippen LogP contribution is 2.25. The molecule has 0 heterocycles. The van der Waals surface area contributed by atoms with Crippen LogP contribution >= 0.6 is 12.4 Å². The van der Waals surface area contributed by atoms with E-state index < -0.39 is 11.8 Å². The fourth-order valence-corrected chi connectivity index (χ4v) is 1.86. The smallest absolute Gasteiger partial charge is 0.166 e. The summed E-state index contributed by atoms with van der Waals surface area (Å²) in [5.41, 5.74) is 4.45. The van der Waals surface area contributed by atoms with E-state index in [0.717, 1.165) is 6.42 Å². The second-order valence-electron chi connectivity index (χ2n) is 5.02. The number of carbonyl (C=O) groups is 1. The lowest BCUT2D eigenvalue weighted by Crippen LogP contribution is -2.48. The number of nitrogens with two attached hydrogens (primary N) is 1. The lowest BCUT2D eigenvalue weighted by Gasteiger charge is -2.30. The molecule has 108 valence electrons. The Bertz CT molecular complexity index is 407. The fraction of sp³-hybridized carbons (Fsp3) is 0.500. The van der Waals surface area contributed by atoms with E-state index in [4.69, 9.17) is 5.73 Å². The van der Waals surface area contributed by atoms with Crippen LogP contribution in [0.2, 0.25) is 0 Å². The van der Waals surface area contributed by atoms with E-state index >= 15 is 0 Å². The molecule has 2 atom stereocenters. The minimum atomic E-state index is -1.90. The highest BCUT2D eigenvalue weighted by atomic mass is 35.5. The van der Waals surface area contributed by atoms with Gasteiger partial charge in [0.2, 0.25) is 0 Å². The van der Waals surface area contributed by atoms with Crippen molar-refractivity contribution in [2.75, 3.05) is 0 Å². The van der Waals surface area contributed by atoms with E-state index in [2.05, 4.69) is 0 Å². The van der Waals surface area contributed by atoms with Crippen molar-refractivity contribution in [1.82, 2.24) is 0 Å². The lowest BCUT2D eigenvalue weighted by atomic mass is 9.90.